The summed E-state index contributed by atoms with van der Waals surface area (Å²) < 4.78 is 5.37. The summed E-state index contributed by atoms with van der Waals surface area (Å²) in [5.74, 6) is 1.14. The van der Waals surface area contributed by atoms with Crippen molar-refractivity contribution in [2.24, 2.45) is 0 Å². The molecule has 5 nitrogen and oxygen atoms in total. The summed E-state index contributed by atoms with van der Waals surface area (Å²) >= 11 is 5.86. The third-order valence-corrected chi connectivity index (χ3v) is 4.32. The minimum Gasteiger partial charge on any atom is -0.361 e. The molecule has 23 heavy (non-hydrogen) atoms. The summed E-state index contributed by atoms with van der Waals surface area (Å²) in [4.78, 5) is 14.4. The first-order chi connectivity index (χ1) is 11.0. The van der Waals surface area contributed by atoms with Gasteiger partial charge >= 0.3 is 6.03 Å². The third kappa shape index (κ3) is 3.50. The number of halogens is 1. The molecular formula is C17H20ClN3O2. The zero-order valence-corrected chi connectivity index (χ0v) is 14.0. The number of anilines is 1. The summed E-state index contributed by atoms with van der Waals surface area (Å²) in [7, 11) is 0. The molecule has 0 saturated carbocycles. The van der Waals surface area contributed by atoms with Crippen molar-refractivity contribution in [3.63, 3.8) is 0 Å². The Bertz CT molecular complexity index is 681. The van der Waals surface area contributed by atoms with Gasteiger partial charge in [0, 0.05) is 29.2 Å². The molecule has 2 heterocycles. The Balaban J connectivity index is 1.72. The first-order valence-corrected chi connectivity index (χ1v) is 8.22. The predicted molar refractivity (Wildman–Crippen MR) is 89.7 cm³/mol. The van der Waals surface area contributed by atoms with Crippen LogP contribution in [0.1, 0.15) is 50.1 Å². The maximum atomic E-state index is 12.5. The normalized spacial score (nSPS) is 17.7. The van der Waals surface area contributed by atoms with Crippen molar-refractivity contribution in [1.82, 2.24) is 10.1 Å². The molecule has 2 aromatic rings. The minimum absolute atomic E-state index is 0.0291. The van der Waals surface area contributed by atoms with E-state index in [0.29, 0.717) is 11.6 Å². The first kappa shape index (κ1) is 15.9. The molecule has 1 aliphatic rings. The van der Waals surface area contributed by atoms with Crippen LogP contribution < -0.4 is 5.32 Å². The standard InChI is InChI=1S/C17H20ClN3O2/c1-11(2)16-10-14(20-23-16)15-4-3-9-21(15)17(22)19-13-7-5-12(18)6-8-13/h5-8,10-11,15H,3-4,9H2,1-2H3,(H,19,22)/t15-/m0/s1. The van der Waals surface area contributed by atoms with Gasteiger partial charge in [0.2, 0.25) is 0 Å². The molecule has 0 unspecified atom stereocenters. The molecule has 1 saturated heterocycles. The van der Waals surface area contributed by atoms with E-state index >= 15 is 0 Å². The summed E-state index contributed by atoms with van der Waals surface area (Å²) in [6.45, 7) is 4.84. The number of hydrogen-bond acceptors (Lipinski definition) is 3. The van der Waals surface area contributed by atoms with Gasteiger partial charge in [0.15, 0.2) is 0 Å². The molecule has 1 N–H and O–H groups in total. The predicted octanol–water partition coefficient (Wildman–Crippen LogP) is 4.82. The fourth-order valence-electron chi connectivity index (χ4n) is 2.78. The fourth-order valence-corrected chi connectivity index (χ4v) is 2.90. The second-order valence-corrected chi connectivity index (χ2v) is 6.53. The van der Waals surface area contributed by atoms with Crippen LogP contribution in [0.4, 0.5) is 10.5 Å². The van der Waals surface area contributed by atoms with Crippen LogP contribution in [0.25, 0.3) is 0 Å². The average molecular weight is 334 g/mol. The molecule has 0 bridgehead atoms. The van der Waals surface area contributed by atoms with Gasteiger partial charge in [-0.15, -0.1) is 0 Å². The number of nitrogens with zero attached hydrogens (tertiary/aromatic N) is 2. The van der Waals surface area contributed by atoms with E-state index in [4.69, 9.17) is 16.1 Å². The van der Waals surface area contributed by atoms with Crippen molar-refractivity contribution in [2.45, 2.75) is 38.6 Å². The fraction of sp³-hybridized carbons (Fsp3) is 0.412. The maximum absolute atomic E-state index is 12.5. The van der Waals surface area contributed by atoms with Gasteiger partial charge in [0.25, 0.3) is 0 Å². The van der Waals surface area contributed by atoms with Crippen LogP contribution in [0.15, 0.2) is 34.9 Å². The van der Waals surface area contributed by atoms with Crippen molar-refractivity contribution in [1.29, 1.82) is 0 Å². The second kappa shape index (κ2) is 6.62. The Morgan fingerprint density at radius 1 is 1.39 bits per heavy atom. The topological polar surface area (TPSA) is 58.4 Å². The molecule has 122 valence electrons. The molecule has 0 spiro atoms. The van der Waals surface area contributed by atoms with E-state index in [1.807, 2.05) is 11.0 Å². The Labute approximate surface area is 140 Å². The molecule has 6 heteroatoms. The van der Waals surface area contributed by atoms with Gasteiger partial charge in [-0.1, -0.05) is 30.6 Å². The summed E-state index contributed by atoms with van der Waals surface area (Å²) in [5.41, 5.74) is 1.56. The highest BCUT2D eigenvalue weighted by Crippen LogP contribution is 2.33. The number of benzene rings is 1. The van der Waals surface area contributed by atoms with Crippen LogP contribution in [0.3, 0.4) is 0 Å². The van der Waals surface area contributed by atoms with Gasteiger partial charge in [-0.3, -0.25) is 0 Å². The largest absolute Gasteiger partial charge is 0.361 e. The van der Waals surface area contributed by atoms with Crippen LogP contribution in [0.2, 0.25) is 5.02 Å². The zero-order chi connectivity index (χ0) is 16.4. The third-order valence-electron chi connectivity index (χ3n) is 4.07. The lowest BCUT2D eigenvalue weighted by Gasteiger charge is -2.23. The molecule has 1 aromatic heterocycles. The van der Waals surface area contributed by atoms with Gasteiger partial charge in [-0.2, -0.15) is 0 Å². The van der Waals surface area contributed by atoms with Crippen LogP contribution in [-0.4, -0.2) is 22.6 Å². The van der Waals surface area contributed by atoms with Gasteiger partial charge in [0.1, 0.15) is 11.5 Å². The smallest absolute Gasteiger partial charge is 0.322 e. The molecule has 3 rings (SSSR count). The van der Waals surface area contributed by atoms with Crippen molar-refractivity contribution in [3.05, 3.63) is 46.8 Å². The minimum atomic E-state index is -0.121. The number of hydrogen-bond donors (Lipinski definition) is 1. The highest BCUT2D eigenvalue weighted by atomic mass is 35.5. The maximum Gasteiger partial charge on any atom is 0.322 e. The number of nitrogens with one attached hydrogen (secondary N) is 1. The Morgan fingerprint density at radius 2 is 2.13 bits per heavy atom. The van der Waals surface area contributed by atoms with Crippen molar-refractivity contribution in [3.8, 4) is 0 Å². The first-order valence-electron chi connectivity index (χ1n) is 7.84. The van der Waals surface area contributed by atoms with E-state index < -0.39 is 0 Å². The molecule has 1 aromatic carbocycles. The highest BCUT2D eigenvalue weighted by Gasteiger charge is 2.32. The molecule has 1 fully saturated rings. The Morgan fingerprint density at radius 3 is 2.78 bits per heavy atom. The highest BCUT2D eigenvalue weighted by molar-refractivity contribution is 6.30. The number of aromatic nitrogens is 1. The monoisotopic (exact) mass is 333 g/mol. The van der Waals surface area contributed by atoms with Crippen LogP contribution in [0.5, 0.6) is 0 Å². The van der Waals surface area contributed by atoms with Gasteiger partial charge in [0.05, 0.1) is 6.04 Å². The van der Waals surface area contributed by atoms with Gasteiger partial charge in [-0.05, 0) is 37.1 Å². The van der Waals surface area contributed by atoms with Gasteiger partial charge < -0.3 is 14.7 Å². The molecule has 2 amide bonds. The van der Waals surface area contributed by atoms with Crippen LogP contribution in [0, 0.1) is 0 Å². The van der Waals surface area contributed by atoms with E-state index in [1.165, 1.54) is 0 Å². The summed E-state index contributed by atoms with van der Waals surface area (Å²) in [6.07, 6.45) is 1.86. The lowest BCUT2D eigenvalue weighted by molar-refractivity contribution is 0.204. The number of rotatable bonds is 3. The Hall–Kier alpha value is -2.01. The zero-order valence-electron chi connectivity index (χ0n) is 13.3. The SMILES string of the molecule is CC(C)c1cc([C@@H]2CCCN2C(=O)Nc2ccc(Cl)cc2)no1. The van der Waals surface area contributed by atoms with E-state index in [-0.39, 0.29) is 18.0 Å². The van der Waals surface area contributed by atoms with E-state index in [2.05, 4.69) is 24.3 Å². The van der Waals surface area contributed by atoms with Crippen molar-refractivity contribution in [2.75, 3.05) is 11.9 Å². The lowest BCUT2D eigenvalue weighted by atomic mass is 10.1. The molecule has 1 atom stereocenters. The number of likely N-dealkylation sites (tertiary alicyclic amines) is 1. The number of carbonyl (C=O) groups is 1. The quantitative estimate of drug-likeness (QED) is 0.876. The van der Waals surface area contributed by atoms with E-state index in [0.717, 1.165) is 30.0 Å². The number of urea groups is 1. The van der Waals surface area contributed by atoms with E-state index in [1.54, 1.807) is 24.3 Å². The summed E-state index contributed by atoms with van der Waals surface area (Å²) in [5, 5.41) is 7.71. The number of carbonyl (C=O) groups excluding carboxylic acids is 1. The van der Waals surface area contributed by atoms with E-state index in [9.17, 15) is 4.79 Å². The van der Waals surface area contributed by atoms with Crippen molar-refractivity contribution < 1.29 is 9.32 Å². The summed E-state index contributed by atoms with van der Waals surface area (Å²) in [6, 6.07) is 8.90. The molecule has 1 aliphatic heterocycles. The van der Waals surface area contributed by atoms with Crippen LogP contribution >= 0.6 is 11.6 Å². The van der Waals surface area contributed by atoms with Crippen LogP contribution in [-0.2, 0) is 0 Å². The molecule has 0 radical (unpaired) electrons. The lowest BCUT2D eigenvalue weighted by Crippen LogP contribution is -2.34. The van der Waals surface area contributed by atoms with Gasteiger partial charge in [-0.25, -0.2) is 4.79 Å². The number of amides is 2. The molecular weight excluding hydrogens is 314 g/mol. The second-order valence-electron chi connectivity index (χ2n) is 6.10. The Kier molecular flexibility index (Phi) is 4.57. The molecule has 0 aliphatic carbocycles. The average Bonchev–Trinajstić information content (AvgIpc) is 3.17. The van der Waals surface area contributed by atoms with Crippen molar-refractivity contribution >= 4 is 23.3 Å².